The summed E-state index contributed by atoms with van der Waals surface area (Å²) in [5, 5.41) is 11.3. The molecule has 0 aromatic carbocycles. The van der Waals surface area contributed by atoms with Gasteiger partial charge in [0.1, 0.15) is 5.84 Å². The van der Waals surface area contributed by atoms with Crippen LogP contribution in [-0.2, 0) is 6.54 Å². The fourth-order valence-electron chi connectivity index (χ4n) is 1.23. The molecule has 0 bridgehead atoms. The molecule has 3 N–H and O–H groups in total. The number of hydrogen-bond donors (Lipinski definition) is 2. The van der Waals surface area contributed by atoms with Crippen molar-refractivity contribution < 1.29 is 0 Å². The fourth-order valence-corrected chi connectivity index (χ4v) is 1.23. The van der Waals surface area contributed by atoms with Crippen LogP contribution in [0, 0.1) is 12.3 Å². The number of rotatable bonds is 3. The van der Waals surface area contributed by atoms with Crippen LogP contribution in [0.25, 0.3) is 0 Å². The standard InChI is InChI=1S/C9H14N4O/c1-3-4-13-9(14)7(8(10)11)5-6(2)12-13/h5H,3-4H2,1-2H3,(H3,10,11). The maximum Gasteiger partial charge on any atom is 0.277 e. The van der Waals surface area contributed by atoms with E-state index in [1.165, 1.54) is 10.7 Å². The van der Waals surface area contributed by atoms with E-state index in [1.54, 1.807) is 6.92 Å². The molecule has 0 aliphatic carbocycles. The van der Waals surface area contributed by atoms with Gasteiger partial charge >= 0.3 is 0 Å². The highest BCUT2D eigenvalue weighted by atomic mass is 16.1. The van der Waals surface area contributed by atoms with Gasteiger partial charge in [0.05, 0.1) is 11.3 Å². The Morgan fingerprint density at radius 3 is 2.86 bits per heavy atom. The molecule has 0 atom stereocenters. The molecule has 5 heteroatoms. The van der Waals surface area contributed by atoms with E-state index in [4.69, 9.17) is 11.1 Å². The molecule has 0 radical (unpaired) electrons. The second kappa shape index (κ2) is 4.04. The molecule has 1 aromatic rings. The van der Waals surface area contributed by atoms with Gasteiger partial charge in [-0.15, -0.1) is 0 Å². The first-order valence-corrected chi connectivity index (χ1v) is 4.49. The molecular weight excluding hydrogens is 180 g/mol. The smallest absolute Gasteiger partial charge is 0.277 e. The van der Waals surface area contributed by atoms with Crippen molar-refractivity contribution in [2.45, 2.75) is 26.8 Å². The van der Waals surface area contributed by atoms with Crippen molar-refractivity contribution in [3.8, 4) is 0 Å². The molecule has 0 fully saturated rings. The Hall–Kier alpha value is -1.65. The summed E-state index contributed by atoms with van der Waals surface area (Å²) < 4.78 is 1.35. The monoisotopic (exact) mass is 194 g/mol. The Bertz CT molecular complexity index is 408. The second-order valence-electron chi connectivity index (χ2n) is 3.14. The maximum atomic E-state index is 11.6. The van der Waals surface area contributed by atoms with Crippen molar-refractivity contribution in [1.29, 1.82) is 5.41 Å². The van der Waals surface area contributed by atoms with Crippen LogP contribution in [0.2, 0.25) is 0 Å². The molecule has 0 saturated carbocycles. The quantitative estimate of drug-likeness (QED) is 0.534. The molecule has 0 aliphatic rings. The van der Waals surface area contributed by atoms with Crippen molar-refractivity contribution in [3.63, 3.8) is 0 Å². The van der Waals surface area contributed by atoms with Crippen molar-refractivity contribution in [3.05, 3.63) is 27.7 Å². The van der Waals surface area contributed by atoms with E-state index in [9.17, 15) is 4.79 Å². The Kier molecular flexibility index (Phi) is 3.01. The zero-order valence-electron chi connectivity index (χ0n) is 8.37. The number of hydrogen-bond acceptors (Lipinski definition) is 3. The molecule has 0 unspecified atom stereocenters. The van der Waals surface area contributed by atoms with Crippen LogP contribution in [0.1, 0.15) is 24.6 Å². The number of nitrogen functional groups attached to an aromatic ring is 1. The number of amidine groups is 1. The predicted octanol–water partition coefficient (Wildman–Crippen LogP) is 0.246. The Morgan fingerprint density at radius 1 is 1.71 bits per heavy atom. The predicted molar refractivity (Wildman–Crippen MR) is 54.5 cm³/mol. The Labute approximate surface area is 82.1 Å². The third-order valence-corrected chi connectivity index (χ3v) is 1.82. The number of nitrogens with one attached hydrogen (secondary N) is 1. The lowest BCUT2D eigenvalue weighted by Crippen LogP contribution is -2.31. The molecule has 0 amide bonds. The van der Waals surface area contributed by atoms with Gasteiger partial charge in [-0.1, -0.05) is 6.92 Å². The summed E-state index contributed by atoms with van der Waals surface area (Å²) in [6.07, 6.45) is 0.827. The molecule has 0 saturated heterocycles. The Morgan fingerprint density at radius 2 is 2.36 bits per heavy atom. The summed E-state index contributed by atoms with van der Waals surface area (Å²) in [7, 11) is 0. The molecule has 1 heterocycles. The lowest BCUT2D eigenvalue weighted by molar-refractivity contribution is 0.560. The van der Waals surface area contributed by atoms with Crippen LogP contribution in [0.4, 0.5) is 0 Å². The first-order valence-electron chi connectivity index (χ1n) is 4.49. The van der Waals surface area contributed by atoms with Crippen LogP contribution in [-0.4, -0.2) is 15.6 Å². The van der Waals surface area contributed by atoms with Crippen LogP contribution in [0.3, 0.4) is 0 Å². The summed E-state index contributed by atoms with van der Waals surface area (Å²) >= 11 is 0. The molecule has 76 valence electrons. The molecule has 5 nitrogen and oxygen atoms in total. The minimum Gasteiger partial charge on any atom is -0.384 e. The van der Waals surface area contributed by atoms with Crippen molar-refractivity contribution >= 4 is 5.84 Å². The topological polar surface area (TPSA) is 84.8 Å². The summed E-state index contributed by atoms with van der Waals surface area (Å²) in [5.74, 6) is -0.203. The van der Waals surface area contributed by atoms with Crippen molar-refractivity contribution in [2.75, 3.05) is 0 Å². The first-order chi connectivity index (χ1) is 6.56. The molecule has 1 rings (SSSR count). The van der Waals surface area contributed by atoms with Gasteiger partial charge in [-0.3, -0.25) is 10.2 Å². The van der Waals surface area contributed by atoms with Gasteiger partial charge in [0.25, 0.3) is 5.56 Å². The highest BCUT2D eigenvalue weighted by Gasteiger charge is 2.07. The average molecular weight is 194 g/mol. The van der Waals surface area contributed by atoms with Gasteiger partial charge in [-0.05, 0) is 19.4 Å². The SMILES string of the molecule is CCCn1nc(C)cc(C(=N)N)c1=O. The third-order valence-electron chi connectivity index (χ3n) is 1.82. The third kappa shape index (κ3) is 1.99. The average Bonchev–Trinajstić information content (AvgIpc) is 2.10. The van der Waals surface area contributed by atoms with E-state index in [2.05, 4.69) is 5.10 Å². The van der Waals surface area contributed by atoms with E-state index in [0.717, 1.165) is 6.42 Å². The lowest BCUT2D eigenvalue weighted by Gasteiger charge is -2.06. The molecule has 0 aliphatic heterocycles. The number of aryl methyl sites for hydroxylation is 2. The minimum absolute atomic E-state index is 0.203. The number of nitrogens with two attached hydrogens (primary N) is 1. The molecular formula is C9H14N4O. The summed E-state index contributed by atoms with van der Waals surface area (Å²) in [5.41, 5.74) is 5.93. The van der Waals surface area contributed by atoms with Crippen LogP contribution < -0.4 is 11.3 Å². The van der Waals surface area contributed by atoms with E-state index in [0.29, 0.717) is 12.2 Å². The Balaban J connectivity index is 3.32. The maximum absolute atomic E-state index is 11.6. The van der Waals surface area contributed by atoms with Gasteiger partial charge in [0.2, 0.25) is 0 Å². The van der Waals surface area contributed by atoms with Crippen molar-refractivity contribution in [2.24, 2.45) is 5.73 Å². The van der Waals surface area contributed by atoms with Gasteiger partial charge in [0.15, 0.2) is 0 Å². The summed E-state index contributed by atoms with van der Waals surface area (Å²) in [6.45, 7) is 4.29. The zero-order valence-corrected chi connectivity index (χ0v) is 8.37. The largest absolute Gasteiger partial charge is 0.384 e. The normalized spacial score (nSPS) is 10.1. The summed E-state index contributed by atoms with van der Waals surface area (Å²) in [4.78, 5) is 11.6. The highest BCUT2D eigenvalue weighted by Crippen LogP contribution is 1.95. The van der Waals surface area contributed by atoms with Crippen LogP contribution in [0.5, 0.6) is 0 Å². The first kappa shape index (κ1) is 10.4. The van der Waals surface area contributed by atoms with Crippen LogP contribution >= 0.6 is 0 Å². The zero-order chi connectivity index (χ0) is 10.7. The van der Waals surface area contributed by atoms with Crippen molar-refractivity contribution in [1.82, 2.24) is 9.78 Å². The molecule has 0 spiro atoms. The number of aromatic nitrogens is 2. The van der Waals surface area contributed by atoms with Gasteiger partial charge < -0.3 is 5.73 Å². The van der Waals surface area contributed by atoms with Gasteiger partial charge in [0, 0.05) is 6.54 Å². The van der Waals surface area contributed by atoms with Crippen LogP contribution in [0.15, 0.2) is 10.9 Å². The highest BCUT2D eigenvalue weighted by molar-refractivity contribution is 5.94. The number of nitrogens with zero attached hydrogens (tertiary/aromatic N) is 2. The molecule has 14 heavy (non-hydrogen) atoms. The summed E-state index contributed by atoms with van der Waals surface area (Å²) in [6, 6.07) is 1.54. The van der Waals surface area contributed by atoms with E-state index < -0.39 is 0 Å². The fraction of sp³-hybridized carbons (Fsp3) is 0.444. The lowest BCUT2D eigenvalue weighted by atomic mass is 10.2. The van der Waals surface area contributed by atoms with E-state index in [-0.39, 0.29) is 17.0 Å². The minimum atomic E-state index is -0.287. The van der Waals surface area contributed by atoms with Gasteiger partial charge in [-0.25, -0.2) is 4.68 Å². The van der Waals surface area contributed by atoms with E-state index >= 15 is 0 Å². The van der Waals surface area contributed by atoms with E-state index in [1.807, 2.05) is 6.92 Å². The second-order valence-corrected chi connectivity index (χ2v) is 3.14. The van der Waals surface area contributed by atoms with Gasteiger partial charge in [-0.2, -0.15) is 5.10 Å². The molecule has 1 aromatic heterocycles.